The van der Waals surface area contributed by atoms with Crippen LogP contribution in [0.15, 0.2) is 5.38 Å². The SMILES string of the molecule is Cc1csc(C(C)NC(=O)[C@H]2CCCCN2)n1.Cl.Cl. The average Bonchev–Trinajstić information content (AvgIpc) is 2.77. The highest BCUT2D eigenvalue weighted by molar-refractivity contribution is 7.09. The molecule has 2 atom stereocenters. The average molecular weight is 326 g/mol. The molecule has 0 bridgehead atoms. The Bertz CT molecular complexity index is 394. The molecular weight excluding hydrogens is 305 g/mol. The van der Waals surface area contributed by atoms with Gasteiger partial charge in [0.05, 0.1) is 12.1 Å². The van der Waals surface area contributed by atoms with Gasteiger partial charge in [0.15, 0.2) is 0 Å². The molecule has 0 radical (unpaired) electrons. The lowest BCUT2D eigenvalue weighted by molar-refractivity contribution is -0.124. The van der Waals surface area contributed by atoms with Gasteiger partial charge in [-0.05, 0) is 33.2 Å². The van der Waals surface area contributed by atoms with Crippen LogP contribution in [-0.2, 0) is 4.79 Å². The van der Waals surface area contributed by atoms with Gasteiger partial charge in [-0.15, -0.1) is 36.2 Å². The van der Waals surface area contributed by atoms with Gasteiger partial charge in [-0.3, -0.25) is 4.79 Å². The molecule has 2 rings (SSSR count). The fourth-order valence-electron chi connectivity index (χ4n) is 2.02. The minimum atomic E-state index is -0.0211. The maximum atomic E-state index is 12.0. The number of amides is 1. The van der Waals surface area contributed by atoms with E-state index in [9.17, 15) is 4.79 Å². The minimum absolute atomic E-state index is 0. The molecule has 110 valence electrons. The predicted octanol–water partition coefficient (Wildman–Crippen LogP) is 2.61. The van der Waals surface area contributed by atoms with Crippen LogP contribution in [0.2, 0.25) is 0 Å². The normalized spacial score (nSPS) is 19.8. The first-order valence-corrected chi connectivity index (χ1v) is 7.00. The summed E-state index contributed by atoms with van der Waals surface area (Å²) in [5.41, 5.74) is 1.02. The first-order valence-electron chi connectivity index (χ1n) is 6.12. The van der Waals surface area contributed by atoms with Crippen LogP contribution < -0.4 is 10.6 Å². The Hall–Kier alpha value is -0.360. The summed E-state index contributed by atoms with van der Waals surface area (Å²) in [6.45, 7) is 4.90. The molecule has 0 aliphatic carbocycles. The van der Waals surface area contributed by atoms with Crippen LogP contribution in [0.25, 0.3) is 0 Å². The van der Waals surface area contributed by atoms with Crippen LogP contribution in [0.5, 0.6) is 0 Å². The van der Waals surface area contributed by atoms with Crippen LogP contribution in [0.1, 0.15) is 42.9 Å². The Morgan fingerprint density at radius 2 is 2.26 bits per heavy atom. The van der Waals surface area contributed by atoms with Crippen LogP contribution in [0, 0.1) is 6.92 Å². The number of aromatic nitrogens is 1. The molecule has 0 aromatic carbocycles. The van der Waals surface area contributed by atoms with Gasteiger partial charge >= 0.3 is 0 Å². The first-order chi connectivity index (χ1) is 8.16. The van der Waals surface area contributed by atoms with Gasteiger partial charge in [0.25, 0.3) is 0 Å². The van der Waals surface area contributed by atoms with Crippen molar-refractivity contribution in [2.75, 3.05) is 6.54 Å². The van der Waals surface area contributed by atoms with E-state index in [-0.39, 0.29) is 42.8 Å². The lowest BCUT2D eigenvalue weighted by Crippen LogP contribution is -2.47. The highest BCUT2D eigenvalue weighted by Gasteiger charge is 2.22. The van der Waals surface area contributed by atoms with Gasteiger partial charge in [-0.1, -0.05) is 6.42 Å². The van der Waals surface area contributed by atoms with Crippen molar-refractivity contribution in [3.63, 3.8) is 0 Å². The zero-order valence-corrected chi connectivity index (χ0v) is 13.6. The van der Waals surface area contributed by atoms with Gasteiger partial charge < -0.3 is 10.6 Å². The number of piperidine rings is 1. The quantitative estimate of drug-likeness (QED) is 0.898. The number of hydrogen-bond acceptors (Lipinski definition) is 4. The molecule has 1 aliphatic rings. The van der Waals surface area contributed by atoms with Crippen molar-refractivity contribution in [1.29, 1.82) is 0 Å². The molecule has 7 heteroatoms. The Morgan fingerprint density at radius 3 is 2.79 bits per heavy atom. The number of rotatable bonds is 3. The number of carbonyl (C=O) groups excluding carboxylic acids is 1. The summed E-state index contributed by atoms with van der Waals surface area (Å²) in [5, 5.41) is 9.27. The highest BCUT2D eigenvalue weighted by atomic mass is 35.5. The molecule has 1 aromatic heterocycles. The molecule has 2 heterocycles. The molecular formula is C12H21Cl2N3OS. The van der Waals surface area contributed by atoms with E-state index in [2.05, 4.69) is 15.6 Å². The molecule has 1 fully saturated rings. The molecule has 0 spiro atoms. The van der Waals surface area contributed by atoms with Gasteiger partial charge in [0.2, 0.25) is 5.91 Å². The summed E-state index contributed by atoms with van der Waals surface area (Å²) in [7, 11) is 0. The summed E-state index contributed by atoms with van der Waals surface area (Å²) in [6.07, 6.45) is 3.25. The zero-order chi connectivity index (χ0) is 12.3. The summed E-state index contributed by atoms with van der Waals surface area (Å²) in [6, 6.07) is -0.0165. The van der Waals surface area contributed by atoms with Crippen molar-refractivity contribution in [2.24, 2.45) is 0 Å². The fourth-order valence-corrected chi connectivity index (χ4v) is 2.83. The van der Waals surface area contributed by atoms with Crippen molar-refractivity contribution in [2.45, 2.75) is 45.2 Å². The Morgan fingerprint density at radius 1 is 1.53 bits per heavy atom. The third-order valence-corrected chi connectivity index (χ3v) is 4.14. The summed E-state index contributed by atoms with van der Waals surface area (Å²) < 4.78 is 0. The van der Waals surface area contributed by atoms with E-state index in [1.807, 2.05) is 19.2 Å². The van der Waals surface area contributed by atoms with E-state index in [4.69, 9.17) is 0 Å². The second kappa shape index (κ2) is 8.74. The molecule has 0 saturated carbocycles. The Balaban J connectivity index is 0.00000162. The third kappa shape index (κ3) is 5.26. The van der Waals surface area contributed by atoms with Gasteiger partial charge in [0.1, 0.15) is 5.01 Å². The smallest absolute Gasteiger partial charge is 0.237 e. The molecule has 2 N–H and O–H groups in total. The van der Waals surface area contributed by atoms with Crippen LogP contribution in [0.3, 0.4) is 0 Å². The maximum Gasteiger partial charge on any atom is 0.237 e. The van der Waals surface area contributed by atoms with Crippen molar-refractivity contribution in [3.8, 4) is 0 Å². The van der Waals surface area contributed by atoms with E-state index in [0.717, 1.165) is 30.1 Å². The zero-order valence-electron chi connectivity index (χ0n) is 11.1. The van der Waals surface area contributed by atoms with E-state index < -0.39 is 0 Å². The fraction of sp³-hybridized carbons (Fsp3) is 0.667. The summed E-state index contributed by atoms with van der Waals surface area (Å²) in [4.78, 5) is 16.4. The van der Waals surface area contributed by atoms with Crippen LogP contribution in [-0.4, -0.2) is 23.5 Å². The van der Waals surface area contributed by atoms with Crippen molar-refractivity contribution < 1.29 is 4.79 Å². The minimum Gasteiger partial charge on any atom is -0.346 e. The topological polar surface area (TPSA) is 54.0 Å². The third-order valence-electron chi connectivity index (χ3n) is 2.99. The van der Waals surface area contributed by atoms with Crippen LogP contribution >= 0.6 is 36.2 Å². The number of nitrogens with one attached hydrogen (secondary N) is 2. The Labute approximate surface area is 130 Å². The number of carbonyl (C=O) groups is 1. The van der Waals surface area contributed by atoms with Crippen molar-refractivity contribution in [3.05, 3.63) is 16.1 Å². The molecule has 1 saturated heterocycles. The Kier molecular flexibility index (Phi) is 8.57. The van der Waals surface area contributed by atoms with E-state index in [1.165, 1.54) is 6.42 Å². The van der Waals surface area contributed by atoms with Gasteiger partial charge in [-0.25, -0.2) is 4.98 Å². The standard InChI is InChI=1S/C12H19N3OS.2ClH/c1-8-7-17-12(14-8)9(2)15-11(16)10-5-3-4-6-13-10;;/h7,9-10,13H,3-6H2,1-2H3,(H,15,16);2*1H/t9?,10-;;/m1../s1. The molecule has 1 aromatic rings. The highest BCUT2D eigenvalue weighted by Crippen LogP contribution is 2.18. The van der Waals surface area contributed by atoms with Gasteiger partial charge in [-0.2, -0.15) is 0 Å². The lowest BCUT2D eigenvalue weighted by atomic mass is 10.0. The molecule has 4 nitrogen and oxygen atoms in total. The second-order valence-corrected chi connectivity index (χ2v) is 5.45. The van der Waals surface area contributed by atoms with E-state index >= 15 is 0 Å². The van der Waals surface area contributed by atoms with E-state index in [1.54, 1.807) is 11.3 Å². The number of halogens is 2. The molecule has 1 amide bonds. The first kappa shape index (κ1) is 18.6. The summed E-state index contributed by atoms with van der Waals surface area (Å²) >= 11 is 1.60. The maximum absolute atomic E-state index is 12.0. The largest absolute Gasteiger partial charge is 0.346 e. The number of hydrogen-bond donors (Lipinski definition) is 2. The summed E-state index contributed by atoms with van der Waals surface area (Å²) in [5.74, 6) is 0.102. The number of thiazole rings is 1. The van der Waals surface area contributed by atoms with Crippen molar-refractivity contribution >= 4 is 42.1 Å². The second-order valence-electron chi connectivity index (χ2n) is 4.56. The van der Waals surface area contributed by atoms with E-state index in [0.29, 0.717) is 0 Å². The number of nitrogens with zero attached hydrogens (tertiary/aromatic N) is 1. The van der Waals surface area contributed by atoms with Crippen LogP contribution in [0.4, 0.5) is 0 Å². The molecule has 1 unspecified atom stereocenters. The predicted molar refractivity (Wildman–Crippen MR) is 83.5 cm³/mol. The van der Waals surface area contributed by atoms with Crippen molar-refractivity contribution in [1.82, 2.24) is 15.6 Å². The molecule has 19 heavy (non-hydrogen) atoms. The monoisotopic (exact) mass is 325 g/mol. The lowest BCUT2D eigenvalue weighted by Gasteiger charge is -2.24. The van der Waals surface area contributed by atoms with Gasteiger partial charge in [0, 0.05) is 11.1 Å². The number of aryl methyl sites for hydroxylation is 1. The molecule has 1 aliphatic heterocycles.